The lowest BCUT2D eigenvalue weighted by molar-refractivity contribution is 0.307. The van der Waals surface area contributed by atoms with Gasteiger partial charge in [0.05, 0.1) is 17.2 Å². The van der Waals surface area contributed by atoms with Crippen molar-refractivity contribution in [1.29, 1.82) is 0 Å². The number of piperidine rings is 1. The predicted octanol–water partition coefficient (Wildman–Crippen LogP) is 1.02. The Morgan fingerprint density at radius 3 is 2.60 bits per heavy atom. The van der Waals surface area contributed by atoms with E-state index in [2.05, 4.69) is 25.1 Å². The average Bonchev–Trinajstić information content (AvgIpc) is 3.18. The Kier molecular flexibility index (Phi) is 4.38. The van der Waals surface area contributed by atoms with Crippen molar-refractivity contribution in [1.82, 2.24) is 29.4 Å². The molecule has 4 rings (SSSR count). The van der Waals surface area contributed by atoms with E-state index in [1.807, 2.05) is 6.92 Å². The van der Waals surface area contributed by atoms with Crippen molar-refractivity contribution in [3.8, 4) is 0 Å². The smallest absolute Gasteiger partial charge is 0.254 e. The van der Waals surface area contributed by atoms with Crippen molar-refractivity contribution in [2.24, 2.45) is 0 Å². The molecule has 0 unspecified atom stereocenters. The lowest BCUT2D eigenvalue weighted by Gasteiger charge is -2.31. The second kappa shape index (κ2) is 6.42. The van der Waals surface area contributed by atoms with E-state index in [-0.39, 0.29) is 5.92 Å². The van der Waals surface area contributed by atoms with Crippen molar-refractivity contribution in [3.63, 3.8) is 0 Å². The van der Waals surface area contributed by atoms with Gasteiger partial charge in [0.1, 0.15) is 11.6 Å². The van der Waals surface area contributed by atoms with E-state index in [4.69, 9.17) is 0 Å². The molecule has 0 radical (unpaired) electrons. The van der Waals surface area contributed by atoms with Crippen LogP contribution in [0.3, 0.4) is 0 Å². The van der Waals surface area contributed by atoms with Gasteiger partial charge in [-0.2, -0.15) is 4.31 Å². The highest BCUT2D eigenvalue weighted by Crippen LogP contribution is 2.33. The molecule has 136 valence electrons. The van der Waals surface area contributed by atoms with Crippen LogP contribution in [0.2, 0.25) is 0 Å². The molecule has 1 N–H and O–H groups in total. The van der Waals surface area contributed by atoms with Crippen LogP contribution >= 0.6 is 11.3 Å². The Labute approximate surface area is 151 Å². The first kappa shape index (κ1) is 17.1. The fourth-order valence-electron chi connectivity index (χ4n) is 3.64. The van der Waals surface area contributed by atoms with Gasteiger partial charge in [-0.05, 0) is 26.7 Å². The van der Waals surface area contributed by atoms with Crippen molar-refractivity contribution in [2.45, 2.75) is 49.9 Å². The van der Waals surface area contributed by atoms with E-state index < -0.39 is 10.0 Å². The zero-order valence-electron chi connectivity index (χ0n) is 14.4. The Bertz CT molecular complexity index is 880. The number of hydrogen-bond donors (Lipinski definition) is 1. The minimum atomic E-state index is -3.44. The predicted molar refractivity (Wildman–Crippen MR) is 94.1 cm³/mol. The Morgan fingerprint density at radius 2 is 1.92 bits per heavy atom. The van der Waals surface area contributed by atoms with E-state index in [9.17, 15) is 8.42 Å². The molecule has 0 atom stereocenters. The summed E-state index contributed by atoms with van der Waals surface area (Å²) < 4.78 is 30.0. The van der Waals surface area contributed by atoms with Crippen molar-refractivity contribution in [2.75, 3.05) is 19.6 Å². The number of hydrogen-bond acceptors (Lipinski definition) is 7. The monoisotopic (exact) mass is 382 g/mol. The van der Waals surface area contributed by atoms with Gasteiger partial charge in [-0.1, -0.05) is 0 Å². The summed E-state index contributed by atoms with van der Waals surface area (Å²) in [4.78, 5) is 4.26. The van der Waals surface area contributed by atoms with Crippen LogP contribution in [-0.2, 0) is 23.1 Å². The number of sulfonamides is 1. The molecular weight excluding hydrogens is 360 g/mol. The molecule has 1 saturated heterocycles. The first-order valence-electron chi connectivity index (χ1n) is 8.53. The largest absolute Gasteiger partial charge is 0.312 e. The normalized spacial score (nSPS) is 19.9. The molecule has 1 fully saturated rings. The Balaban J connectivity index is 1.50. The first-order valence-corrected chi connectivity index (χ1v) is 10.8. The van der Waals surface area contributed by atoms with Gasteiger partial charge in [0.15, 0.2) is 4.21 Å². The number of aromatic nitrogens is 4. The molecule has 2 aromatic rings. The van der Waals surface area contributed by atoms with Crippen LogP contribution in [0.5, 0.6) is 0 Å². The topological polar surface area (TPSA) is 93.0 Å². The molecule has 0 spiro atoms. The summed E-state index contributed by atoms with van der Waals surface area (Å²) in [5.41, 5.74) is 0.601. The Hall–Kier alpha value is -1.36. The van der Waals surface area contributed by atoms with E-state index in [1.165, 1.54) is 11.3 Å². The minimum absolute atomic E-state index is 0.273. The van der Waals surface area contributed by atoms with Crippen LogP contribution in [-0.4, -0.2) is 52.1 Å². The minimum Gasteiger partial charge on any atom is -0.312 e. The summed E-state index contributed by atoms with van der Waals surface area (Å²) in [6.45, 7) is 7.20. The molecule has 0 bridgehead atoms. The van der Waals surface area contributed by atoms with Gasteiger partial charge < -0.3 is 9.88 Å². The highest BCUT2D eigenvalue weighted by Gasteiger charge is 2.34. The van der Waals surface area contributed by atoms with E-state index in [0.29, 0.717) is 23.0 Å². The van der Waals surface area contributed by atoms with Gasteiger partial charge in [0.25, 0.3) is 10.0 Å². The maximum Gasteiger partial charge on any atom is 0.254 e. The van der Waals surface area contributed by atoms with Crippen molar-refractivity contribution in [3.05, 3.63) is 22.4 Å². The zero-order chi connectivity index (χ0) is 17.6. The SMILES string of the molecule is Cc1nc(C)c(S(=O)(=O)N2CCC(c3nnc4n3CCNC4)CC2)s1. The maximum atomic E-state index is 12.9. The standard InChI is InChI=1S/C15H22N6O2S2/c1-10-15(24-11(2)17-10)25(22,23)20-6-3-12(4-7-20)14-19-18-13-9-16-5-8-21(13)14/h12,16H,3-9H2,1-2H3. The fourth-order valence-corrected chi connectivity index (χ4v) is 6.73. The second-order valence-electron chi connectivity index (χ2n) is 6.59. The molecule has 0 saturated carbocycles. The third-order valence-electron chi connectivity index (χ3n) is 4.91. The molecule has 8 nitrogen and oxygen atoms in total. The maximum absolute atomic E-state index is 12.9. The molecule has 10 heteroatoms. The third kappa shape index (κ3) is 3.01. The van der Waals surface area contributed by atoms with Gasteiger partial charge >= 0.3 is 0 Å². The number of rotatable bonds is 3. The van der Waals surface area contributed by atoms with Gasteiger partial charge in [0.2, 0.25) is 0 Å². The van der Waals surface area contributed by atoms with Crippen molar-refractivity contribution < 1.29 is 8.42 Å². The van der Waals surface area contributed by atoms with Gasteiger partial charge in [-0.3, -0.25) is 0 Å². The zero-order valence-corrected chi connectivity index (χ0v) is 16.0. The third-order valence-corrected chi connectivity index (χ3v) is 8.46. The number of nitrogens with one attached hydrogen (secondary N) is 1. The quantitative estimate of drug-likeness (QED) is 0.852. The van der Waals surface area contributed by atoms with Crippen LogP contribution < -0.4 is 5.32 Å². The highest BCUT2D eigenvalue weighted by atomic mass is 32.2. The molecule has 2 aromatic heterocycles. The highest BCUT2D eigenvalue weighted by molar-refractivity contribution is 7.91. The molecule has 0 aromatic carbocycles. The number of fused-ring (bicyclic) bond motifs is 1. The molecule has 0 aliphatic carbocycles. The van der Waals surface area contributed by atoms with E-state index in [0.717, 1.165) is 49.1 Å². The van der Waals surface area contributed by atoms with Crippen LogP contribution in [0.15, 0.2) is 4.21 Å². The van der Waals surface area contributed by atoms with E-state index >= 15 is 0 Å². The summed E-state index contributed by atoms with van der Waals surface area (Å²) >= 11 is 1.26. The summed E-state index contributed by atoms with van der Waals surface area (Å²) in [6.07, 6.45) is 1.56. The van der Waals surface area contributed by atoms with Crippen LogP contribution in [0, 0.1) is 13.8 Å². The van der Waals surface area contributed by atoms with Gasteiger partial charge in [0, 0.05) is 32.1 Å². The number of nitrogens with zero attached hydrogens (tertiary/aromatic N) is 5. The molecule has 25 heavy (non-hydrogen) atoms. The molecular formula is C15H22N6O2S2. The van der Waals surface area contributed by atoms with Gasteiger partial charge in [-0.25, -0.2) is 13.4 Å². The average molecular weight is 383 g/mol. The first-order chi connectivity index (χ1) is 12.0. The summed E-state index contributed by atoms with van der Waals surface area (Å²) in [6, 6.07) is 0. The van der Waals surface area contributed by atoms with E-state index in [1.54, 1.807) is 11.2 Å². The molecule has 4 heterocycles. The lowest BCUT2D eigenvalue weighted by atomic mass is 9.97. The second-order valence-corrected chi connectivity index (χ2v) is 9.92. The summed E-state index contributed by atoms with van der Waals surface area (Å²) in [5.74, 6) is 2.26. The van der Waals surface area contributed by atoms with Crippen LogP contribution in [0.1, 0.15) is 41.1 Å². The van der Waals surface area contributed by atoms with Crippen LogP contribution in [0.4, 0.5) is 0 Å². The lowest BCUT2D eigenvalue weighted by Crippen LogP contribution is -2.38. The molecule has 2 aliphatic rings. The van der Waals surface area contributed by atoms with Crippen molar-refractivity contribution >= 4 is 21.4 Å². The number of thiazole rings is 1. The Morgan fingerprint density at radius 1 is 1.16 bits per heavy atom. The molecule has 2 aliphatic heterocycles. The summed E-state index contributed by atoms with van der Waals surface area (Å²) in [5, 5.41) is 12.7. The number of aryl methyl sites for hydroxylation is 2. The fraction of sp³-hybridized carbons (Fsp3) is 0.667. The van der Waals surface area contributed by atoms with Gasteiger partial charge in [-0.15, -0.1) is 21.5 Å². The summed E-state index contributed by atoms with van der Waals surface area (Å²) in [7, 11) is -3.44. The molecule has 0 amide bonds. The van der Waals surface area contributed by atoms with Crippen LogP contribution in [0.25, 0.3) is 0 Å².